The van der Waals surface area contributed by atoms with Crippen LogP contribution in [0.25, 0.3) is 0 Å². The molecule has 1 rings (SSSR count). The number of nitrogens with zero attached hydrogens (tertiary/aromatic N) is 1. The summed E-state index contributed by atoms with van der Waals surface area (Å²) in [7, 11) is 0. The molecule has 0 spiro atoms. The molecular weight excluding hydrogens is 318 g/mol. The van der Waals surface area contributed by atoms with Gasteiger partial charge in [0.25, 0.3) is 5.69 Å². The van der Waals surface area contributed by atoms with E-state index in [0.29, 0.717) is 5.69 Å². The molecule has 3 nitrogen and oxygen atoms in total. The molecule has 0 saturated heterocycles. The van der Waals surface area contributed by atoms with Crippen molar-refractivity contribution in [2.45, 2.75) is 89.4 Å². The predicted molar refractivity (Wildman–Crippen MR) is 105 cm³/mol. The Balaban J connectivity index is 2.46. The zero-order valence-electron chi connectivity index (χ0n) is 15.4. The maximum atomic E-state index is 11.4. The van der Waals surface area contributed by atoms with Crippen molar-refractivity contribution in [3.05, 3.63) is 33.9 Å². The van der Waals surface area contributed by atoms with Crippen LogP contribution in [0.3, 0.4) is 0 Å². The van der Waals surface area contributed by atoms with E-state index in [1.807, 2.05) is 6.07 Å². The van der Waals surface area contributed by atoms with Gasteiger partial charge < -0.3 is 0 Å². The molecule has 0 bridgehead atoms. The fraction of sp³-hybridized carbons (Fsp3) is 0.700. The van der Waals surface area contributed by atoms with Crippen LogP contribution in [0.5, 0.6) is 0 Å². The average Bonchev–Trinajstić information content (AvgIpc) is 2.58. The minimum absolute atomic E-state index is 0.222. The highest BCUT2D eigenvalue weighted by atomic mass is 32.2. The monoisotopic (exact) mass is 351 g/mol. The molecule has 0 amide bonds. The fourth-order valence-electron chi connectivity index (χ4n) is 2.80. The second kappa shape index (κ2) is 13.3. The molecule has 0 heterocycles. The fourth-order valence-corrected chi connectivity index (χ4v) is 3.82. The molecule has 0 aliphatic heterocycles. The molecule has 24 heavy (non-hydrogen) atoms. The summed E-state index contributed by atoms with van der Waals surface area (Å²) in [6.45, 7) is 4.42. The van der Waals surface area contributed by atoms with Gasteiger partial charge in [0.2, 0.25) is 0 Å². The Morgan fingerprint density at radius 3 is 2.17 bits per heavy atom. The van der Waals surface area contributed by atoms with Crippen LogP contribution in [0.15, 0.2) is 23.1 Å². The number of nitro benzene ring substituents is 1. The van der Waals surface area contributed by atoms with Crippen molar-refractivity contribution in [2.75, 3.05) is 5.75 Å². The molecule has 136 valence electrons. The molecule has 0 aliphatic carbocycles. The maximum absolute atomic E-state index is 11.4. The lowest BCUT2D eigenvalue weighted by Crippen LogP contribution is -1.95. The SMILES string of the molecule is CCCCCCCSc1ccc(CCCCCCC)cc1[N+](=O)[O-]. The molecule has 0 aromatic heterocycles. The largest absolute Gasteiger partial charge is 0.283 e. The van der Waals surface area contributed by atoms with Gasteiger partial charge in [-0.3, -0.25) is 10.1 Å². The smallest absolute Gasteiger partial charge is 0.258 e. The number of hydrogen-bond acceptors (Lipinski definition) is 3. The first-order chi connectivity index (χ1) is 11.7. The Hall–Kier alpha value is -1.03. The Morgan fingerprint density at radius 2 is 1.54 bits per heavy atom. The van der Waals surface area contributed by atoms with Crippen molar-refractivity contribution < 1.29 is 4.92 Å². The number of thioether (sulfide) groups is 1. The van der Waals surface area contributed by atoms with Gasteiger partial charge in [0.05, 0.1) is 9.82 Å². The Kier molecular flexibility index (Phi) is 11.6. The van der Waals surface area contributed by atoms with Gasteiger partial charge in [0, 0.05) is 6.07 Å². The summed E-state index contributed by atoms with van der Waals surface area (Å²) < 4.78 is 0. The summed E-state index contributed by atoms with van der Waals surface area (Å²) in [6.07, 6.45) is 13.3. The van der Waals surface area contributed by atoms with E-state index in [1.54, 1.807) is 17.8 Å². The van der Waals surface area contributed by atoms with E-state index < -0.39 is 0 Å². The molecule has 0 unspecified atom stereocenters. The number of hydrogen-bond donors (Lipinski definition) is 0. The van der Waals surface area contributed by atoms with E-state index >= 15 is 0 Å². The molecule has 4 heteroatoms. The lowest BCUT2D eigenvalue weighted by atomic mass is 10.1. The van der Waals surface area contributed by atoms with Gasteiger partial charge in [-0.1, -0.05) is 71.3 Å². The number of unbranched alkanes of at least 4 members (excludes halogenated alkanes) is 8. The second-order valence-corrected chi connectivity index (χ2v) is 7.62. The Labute approximate surface area is 151 Å². The van der Waals surface area contributed by atoms with E-state index in [1.165, 1.54) is 51.4 Å². The molecule has 0 atom stereocenters. The summed E-state index contributed by atoms with van der Waals surface area (Å²) >= 11 is 1.64. The van der Waals surface area contributed by atoms with Crippen molar-refractivity contribution in [1.29, 1.82) is 0 Å². The molecule has 0 saturated carbocycles. The third-order valence-electron chi connectivity index (χ3n) is 4.29. The van der Waals surface area contributed by atoms with E-state index in [-0.39, 0.29) is 4.92 Å². The summed E-state index contributed by atoms with van der Waals surface area (Å²) in [4.78, 5) is 12.0. The number of aryl methyl sites for hydroxylation is 1. The van der Waals surface area contributed by atoms with Crippen molar-refractivity contribution >= 4 is 17.4 Å². The normalized spacial score (nSPS) is 10.9. The van der Waals surface area contributed by atoms with E-state index in [0.717, 1.165) is 35.5 Å². The number of benzene rings is 1. The van der Waals surface area contributed by atoms with Crippen LogP contribution in [0, 0.1) is 10.1 Å². The summed E-state index contributed by atoms with van der Waals surface area (Å²) in [5.74, 6) is 0.973. The third kappa shape index (κ3) is 8.72. The zero-order valence-corrected chi connectivity index (χ0v) is 16.2. The Bertz CT molecular complexity index is 477. The minimum Gasteiger partial charge on any atom is -0.258 e. The quantitative estimate of drug-likeness (QED) is 0.154. The first-order valence-electron chi connectivity index (χ1n) is 9.59. The van der Waals surface area contributed by atoms with Crippen LogP contribution in [0.1, 0.15) is 83.6 Å². The summed E-state index contributed by atoms with van der Waals surface area (Å²) in [6, 6.07) is 5.82. The van der Waals surface area contributed by atoms with Crippen LogP contribution in [0.2, 0.25) is 0 Å². The van der Waals surface area contributed by atoms with E-state index in [2.05, 4.69) is 19.9 Å². The molecule has 0 N–H and O–H groups in total. The zero-order chi connectivity index (χ0) is 17.6. The number of rotatable bonds is 14. The van der Waals surface area contributed by atoms with Crippen molar-refractivity contribution in [3.8, 4) is 0 Å². The first-order valence-corrected chi connectivity index (χ1v) is 10.6. The average molecular weight is 352 g/mol. The van der Waals surface area contributed by atoms with Crippen molar-refractivity contribution in [1.82, 2.24) is 0 Å². The molecular formula is C20H33NO2S. The van der Waals surface area contributed by atoms with Gasteiger partial charge >= 0.3 is 0 Å². The first kappa shape index (κ1) is 21.0. The predicted octanol–water partition coefficient (Wildman–Crippen LogP) is 7.17. The molecule has 0 fully saturated rings. The molecule has 1 aromatic carbocycles. The summed E-state index contributed by atoms with van der Waals surface area (Å²) in [5.41, 5.74) is 1.39. The highest BCUT2D eigenvalue weighted by Gasteiger charge is 2.14. The highest BCUT2D eigenvalue weighted by Crippen LogP contribution is 2.31. The second-order valence-electron chi connectivity index (χ2n) is 6.49. The van der Waals surface area contributed by atoms with Gasteiger partial charge in [0.1, 0.15) is 0 Å². The van der Waals surface area contributed by atoms with E-state index in [9.17, 15) is 10.1 Å². The topological polar surface area (TPSA) is 43.1 Å². The highest BCUT2D eigenvalue weighted by molar-refractivity contribution is 7.99. The van der Waals surface area contributed by atoms with Gasteiger partial charge in [-0.2, -0.15) is 0 Å². The van der Waals surface area contributed by atoms with Gasteiger partial charge in [-0.05, 0) is 36.6 Å². The van der Waals surface area contributed by atoms with Gasteiger partial charge in [-0.25, -0.2) is 0 Å². The van der Waals surface area contributed by atoms with E-state index in [4.69, 9.17) is 0 Å². The van der Waals surface area contributed by atoms with Crippen molar-refractivity contribution in [2.24, 2.45) is 0 Å². The lowest BCUT2D eigenvalue weighted by Gasteiger charge is -2.06. The molecule has 1 aromatic rings. The van der Waals surface area contributed by atoms with Crippen LogP contribution >= 0.6 is 11.8 Å². The minimum atomic E-state index is -0.222. The van der Waals surface area contributed by atoms with Gasteiger partial charge in [-0.15, -0.1) is 11.8 Å². The van der Waals surface area contributed by atoms with Crippen molar-refractivity contribution in [3.63, 3.8) is 0 Å². The van der Waals surface area contributed by atoms with Crippen LogP contribution in [-0.4, -0.2) is 10.7 Å². The number of nitro groups is 1. The van der Waals surface area contributed by atoms with Crippen LogP contribution in [-0.2, 0) is 6.42 Å². The standard InChI is InChI=1S/C20H33NO2S/c1-3-5-7-9-11-13-18-14-15-20(19(17-18)21(22)23)24-16-12-10-8-6-4-2/h14-15,17H,3-13,16H2,1-2H3. The van der Waals surface area contributed by atoms with Crippen LogP contribution < -0.4 is 0 Å². The van der Waals surface area contributed by atoms with Crippen LogP contribution in [0.4, 0.5) is 5.69 Å². The Morgan fingerprint density at radius 1 is 0.917 bits per heavy atom. The molecule has 0 aliphatic rings. The lowest BCUT2D eigenvalue weighted by molar-refractivity contribution is -0.387. The maximum Gasteiger partial charge on any atom is 0.283 e. The third-order valence-corrected chi connectivity index (χ3v) is 5.44. The van der Waals surface area contributed by atoms with Gasteiger partial charge in [0.15, 0.2) is 0 Å². The molecule has 0 radical (unpaired) electrons. The summed E-state index contributed by atoms with van der Waals surface area (Å²) in [5, 5.41) is 11.4.